The second kappa shape index (κ2) is 8.81. The van der Waals surface area contributed by atoms with Crippen LogP contribution in [0.25, 0.3) is 0 Å². The van der Waals surface area contributed by atoms with E-state index in [1.54, 1.807) is 24.3 Å². The number of carboxylic acids is 1. The third kappa shape index (κ3) is 6.88. The number of hydrogen-bond donors (Lipinski definition) is 3. The van der Waals surface area contributed by atoms with Crippen molar-refractivity contribution in [2.75, 3.05) is 5.32 Å². The van der Waals surface area contributed by atoms with Gasteiger partial charge in [0.05, 0.1) is 0 Å². The average Bonchev–Trinajstić information content (AvgIpc) is 2.43. The van der Waals surface area contributed by atoms with Crippen LogP contribution < -0.4 is 10.6 Å². The normalized spacial score (nSPS) is 10.3. The first-order valence-electron chi connectivity index (χ1n) is 7.31. The minimum absolute atomic E-state index is 0.0673. The molecule has 6 heteroatoms. The third-order valence-electron chi connectivity index (χ3n) is 2.90. The van der Waals surface area contributed by atoms with E-state index in [1.165, 1.54) is 0 Å². The zero-order chi connectivity index (χ0) is 16.5. The zero-order valence-corrected chi connectivity index (χ0v) is 12.9. The van der Waals surface area contributed by atoms with Gasteiger partial charge in [-0.15, -0.1) is 0 Å². The van der Waals surface area contributed by atoms with Gasteiger partial charge in [0.2, 0.25) is 5.91 Å². The first kappa shape index (κ1) is 17.7. The maximum Gasteiger partial charge on any atom is 0.303 e. The third-order valence-corrected chi connectivity index (χ3v) is 2.90. The first-order valence-corrected chi connectivity index (χ1v) is 7.31. The lowest BCUT2D eigenvalue weighted by molar-refractivity contribution is -0.137. The smallest absolute Gasteiger partial charge is 0.303 e. The number of rotatable bonds is 8. The summed E-state index contributed by atoms with van der Waals surface area (Å²) in [7, 11) is 0. The second-order valence-corrected chi connectivity index (χ2v) is 5.35. The SMILES string of the molecule is CC(C)NC(=O)c1ccc(NC(=O)CCCCC(=O)O)cc1. The molecule has 2 amide bonds. The summed E-state index contributed by atoms with van der Waals surface area (Å²) < 4.78 is 0. The van der Waals surface area contributed by atoms with Crippen LogP contribution in [0.5, 0.6) is 0 Å². The Hall–Kier alpha value is -2.37. The zero-order valence-electron chi connectivity index (χ0n) is 12.9. The standard InChI is InChI=1S/C16H22N2O4/c1-11(2)17-16(22)12-7-9-13(10-8-12)18-14(19)5-3-4-6-15(20)21/h7-11H,3-6H2,1-2H3,(H,17,22)(H,18,19)(H,20,21). The quantitative estimate of drug-likeness (QED) is 0.643. The molecule has 0 fully saturated rings. The van der Waals surface area contributed by atoms with Crippen LogP contribution in [-0.4, -0.2) is 28.9 Å². The van der Waals surface area contributed by atoms with E-state index in [9.17, 15) is 14.4 Å². The number of carbonyl (C=O) groups is 3. The summed E-state index contributed by atoms with van der Waals surface area (Å²) in [6, 6.07) is 6.71. The van der Waals surface area contributed by atoms with Gasteiger partial charge in [-0.3, -0.25) is 14.4 Å². The number of hydrogen-bond acceptors (Lipinski definition) is 3. The topological polar surface area (TPSA) is 95.5 Å². The van der Waals surface area contributed by atoms with Crippen LogP contribution in [0.2, 0.25) is 0 Å². The number of carbonyl (C=O) groups excluding carboxylic acids is 2. The lowest BCUT2D eigenvalue weighted by atomic mass is 10.1. The van der Waals surface area contributed by atoms with Gasteiger partial charge in [0, 0.05) is 30.1 Å². The summed E-state index contributed by atoms with van der Waals surface area (Å²) in [4.78, 5) is 33.8. The molecule has 1 aromatic rings. The molecule has 1 aromatic carbocycles. The molecule has 1 rings (SSSR count). The first-order chi connectivity index (χ1) is 10.4. The second-order valence-electron chi connectivity index (χ2n) is 5.35. The van der Waals surface area contributed by atoms with Crippen LogP contribution in [-0.2, 0) is 9.59 Å². The van der Waals surface area contributed by atoms with E-state index in [-0.39, 0.29) is 30.7 Å². The number of nitrogens with one attached hydrogen (secondary N) is 2. The van der Waals surface area contributed by atoms with Crippen molar-refractivity contribution in [1.82, 2.24) is 5.32 Å². The van der Waals surface area contributed by atoms with E-state index in [4.69, 9.17) is 5.11 Å². The van der Waals surface area contributed by atoms with E-state index in [0.717, 1.165) is 0 Å². The molecule has 6 nitrogen and oxygen atoms in total. The Balaban J connectivity index is 2.42. The van der Waals surface area contributed by atoms with E-state index < -0.39 is 5.97 Å². The molecule has 0 aliphatic carbocycles. The molecule has 3 N–H and O–H groups in total. The van der Waals surface area contributed by atoms with Gasteiger partial charge in [-0.25, -0.2) is 0 Å². The minimum Gasteiger partial charge on any atom is -0.481 e. The van der Waals surface area contributed by atoms with E-state index in [0.29, 0.717) is 24.1 Å². The van der Waals surface area contributed by atoms with Crippen LogP contribution in [0.1, 0.15) is 49.9 Å². The van der Waals surface area contributed by atoms with Crippen molar-refractivity contribution in [1.29, 1.82) is 0 Å². The van der Waals surface area contributed by atoms with E-state index in [1.807, 2.05) is 13.8 Å². The Morgan fingerprint density at radius 2 is 1.64 bits per heavy atom. The predicted molar refractivity (Wildman–Crippen MR) is 83.8 cm³/mol. The number of amides is 2. The lowest BCUT2D eigenvalue weighted by Crippen LogP contribution is -2.30. The van der Waals surface area contributed by atoms with Gasteiger partial charge < -0.3 is 15.7 Å². The van der Waals surface area contributed by atoms with Gasteiger partial charge >= 0.3 is 5.97 Å². The van der Waals surface area contributed by atoms with Crippen molar-refractivity contribution in [3.05, 3.63) is 29.8 Å². The Labute approximate surface area is 129 Å². The summed E-state index contributed by atoms with van der Waals surface area (Å²) in [6.07, 6.45) is 1.37. The molecule has 0 saturated carbocycles. The van der Waals surface area contributed by atoms with E-state index >= 15 is 0 Å². The monoisotopic (exact) mass is 306 g/mol. The number of anilines is 1. The van der Waals surface area contributed by atoms with Gasteiger partial charge in [0.15, 0.2) is 0 Å². The highest BCUT2D eigenvalue weighted by molar-refractivity contribution is 5.95. The molecule has 0 heterocycles. The molecule has 0 saturated heterocycles. The molecule has 120 valence electrons. The van der Waals surface area contributed by atoms with Crippen LogP contribution in [0.3, 0.4) is 0 Å². The number of aliphatic carboxylic acids is 1. The Kier molecular flexibility index (Phi) is 7.08. The fraction of sp³-hybridized carbons (Fsp3) is 0.438. The Bertz CT molecular complexity index is 523. The molecule has 0 unspecified atom stereocenters. The van der Waals surface area contributed by atoms with Crippen molar-refractivity contribution in [3.8, 4) is 0 Å². The largest absolute Gasteiger partial charge is 0.481 e. The van der Waals surface area contributed by atoms with Crippen LogP contribution >= 0.6 is 0 Å². The van der Waals surface area contributed by atoms with Crippen LogP contribution in [0.4, 0.5) is 5.69 Å². The molecule has 0 radical (unpaired) electrons. The minimum atomic E-state index is -0.851. The highest BCUT2D eigenvalue weighted by atomic mass is 16.4. The van der Waals surface area contributed by atoms with Gasteiger partial charge in [0.25, 0.3) is 5.91 Å². The van der Waals surface area contributed by atoms with Gasteiger partial charge in [-0.05, 0) is 51.0 Å². The summed E-state index contributed by atoms with van der Waals surface area (Å²) in [5, 5.41) is 14.0. The Morgan fingerprint density at radius 1 is 1.05 bits per heavy atom. The number of benzene rings is 1. The molecular weight excluding hydrogens is 284 g/mol. The molecule has 0 atom stereocenters. The highest BCUT2D eigenvalue weighted by Crippen LogP contribution is 2.11. The average molecular weight is 306 g/mol. The molecule has 22 heavy (non-hydrogen) atoms. The van der Waals surface area contributed by atoms with Crippen LogP contribution in [0, 0.1) is 0 Å². The van der Waals surface area contributed by atoms with Gasteiger partial charge in [-0.2, -0.15) is 0 Å². The fourth-order valence-electron chi connectivity index (χ4n) is 1.84. The van der Waals surface area contributed by atoms with Gasteiger partial charge in [0.1, 0.15) is 0 Å². The number of carboxylic acid groups (broad SMARTS) is 1. The molecule has 0 aliphatic rings. The summed E-state index contributed by atoms with van der Waals surface area (Å²) in [6.45, 7) is 3.77. The van der Waals surface area contributed by atoms with Crippen molar-refractivity contribution >= 4 is 23.5 Å². The van der Waals surface area contributed by atoms with Gasteiger partial charge in [-0.1, -0.05) is 0 Å². The summed E-state index contributed by atoms with van der Waals surface area (Å²) in [5.41, 5.74) is 1.15. The highest BCUT2D eigenvalue weighted by Gasteiger charge is 2.08. The van der Waals surface area contributed by atoms with E-state index in [2.05, 4.69) is 10.6 Å². The molecule has 0 bridgehead atoms. The maximum atomic E-state index is 11.8. The Morgan fingerprint density at radius 3 is 2.18 bits per heavy atom. The summed E-state index contributed by atoms with van der Waals surface area (Å²) in [5.74, 6) is -1.16. The fourth-order valence-corrected chi connectivity index (χ4v) is 1.84. The number of unbranched alkanes of at least 4 members (excludes halogenated alkanes) is 1. The van der Waals surface area contributed by atoms with Crippen molar-refractivity contribution in [3.63, 3.8) is 0 Å². The molecule has 0 spiro atoms. The molecule has 0 aromatic heterocycles. The van der Waals surface area contributed by atoms with Crippen molar-refractivity contribution in [2.45, 2.75) is 45.6 Å². The summed E-state index contributed by atoms with van der Waals surface area (Å²) >= 11 is 0. The lowest BCUT2D eigenvalue weighted by Gasteiger charge is -2.09. The van der Waals surface area contributed by atoms with Crippen molar-refractivity contribution in [2.24, 2.45) is 0 Å². The molecular formula is C16H22N2O4. The van der Waals surface area contributed by atoms with Crippen molar-refractivity contribution < 1.29 is 19.5 Å². The predicted octanol–water partition coefficient (Wildman–Crippen LogP) is 2.41. The maximum absolute atomic E-state index is 11.8. The molecule has 0 aliphatic heterocycles. The van der Waals surface area contributed by atoms with Crippen LogP contribution in [0.15, 0.2) is 24.3 Å².